The van der Waals surface area contributed by atoms with Crippen LogP contribution >= 0.6 is 11.8 Å². The van der Waals surface area contributed by atoms with E-state index in [1.807, 2.05) is 66.1 Å². The molecule has 9 nitrogen and oxygen atoms in total. The summed E-state index contributed by atoms with van der Waals surface area (Å²) in [7, 11) is 0. The van der Waals surface area contributed by atoms with Gasteiger partial charge in [-0.25, -0.2) is 5.43 Å². The van der Waals surface area contributed by atoms with Crippen molar-refractivity contribution in [2.45, 2.75) is 12.1 Å². The zero-order valence-corrected chi connectivity index (χ0v) is 19.0. The van der Waals surface area contributed by atoms with E-state index >= 15 is 0 Å². The summed E-state index contributed by atoms with van der Waals surface area (Å²) >= 11 is 1.22. The van der Waals surface area contributed by atoms with Crippen LogP contribution in [0.4, 0.5) is 5.69 Å². The van der Waals surface area contributed by atoms with Crippen LogP contribution in [0.2, 0.25) is 0 Å². The molecule has 0 atom stereocenters. The molecule has 3 aromatic carbocycles. The highest BCUT2D eigenvalue weighted by molar-refractivity contribution is 7.99. The molecule has 0 fully saturated rings. The number of para-hydroxylation sites is 1. The molecule has 1 amide bonds. The lowest BCUT2D eigenvalue weighted by atomic mass is 10.2. The van der Waals surface area contributed by atoms with Gasteiger partial charge in [0.15, 0.2) is 11.0 Å². The van der Waals surface area contributed by atoms with E-state index in [9.17, 15) is 14.9 Å². The van der Waals surface area contributed by atoms with Crippen LogP contribution in [0.25, 0.3) is 17.1 Å². The summed E-state index contributed by atoms with van der Waals surface area (Å²) in [6.07, 6.45) is 1.25. The van der Waals surface area contributed by atoms with E-state index in [1.54, 1.807) is 18.2 Å². The number of carbonyl (C=O) groups is 1. The van der Waals surface area contributed by atoms with Crippen molar-refractivity contribution in [1.82, 2.24) is 20.2 Å². The number of benzene rings is 3. The molecule has 0 aliphatic carbocycles. The minimum atomic E-state index is -0.499. The monoisotopic (exact) mass is 472 g/mol. The van der Waals surface area contributed by atoms with Gasteiger partial charge in [0, 0.05) is 17.3 Å². The topological polar surface area (TPSA) is 115 Å². The molecule has 0 aliphatic rings. The molecule has 0 saturated carbocycles. The Kier molecular flexibility index (Phi) is 7.09. The third-order valence-corrected chi connectivity index (χ3v) is 5.75. The van der Waals surface area contributed by atoms with Crippen molar-refractivity contribution in [1.29, 1.82) is 0 Å². The Labute approximate surface area is 199 Å². The van der Waals surface area contributed by atoms with Crippen molar-refractivity contribution in [3.63, 3.8) is 0 Å². The Hall–Kier alpha value is -4.31. The molecule has 0 aliphatic heterocycles. The van der Waals surface area contributed by atoms with Crippen LogP contribution in [-0.2, 0) is 4.79 Å². The minimum Gasteiger partial charge on any atom is -0.272 e. The van der Waals surface area contributed by atoms with Crippen LogP contribution in [0.15, 0.2) is 89.1 Å². The number of carbonyl (C=O) groups excluding carboxylic acids is 1. The van der Waals surface area contributed by atoms with Crippen molar-refractivity contribution in [2.24, 2.45) is 5.10 Å². The quantitative estimate of drug-likeness (QED) is 0.176. The number of hydrogen-bond acceptors (Lipinski definition) is 7. The van der Waals surface area contributed by atoms with Crippen LogP contribution in [0.3, 0.4) is 0 Å². The van der Waals surface area contributed by atoms with E-state index in [0.717, 1.165) is 16.8 Å². The van der Waals surface area contributed by atoms with Gasteiger partial charge in [-0.15, -0.1) is 10.2 Å². The van der Waals surface area contributed by atoms with Crippen LogP contribution < -0.4 is 5.43 Å². The predicted molar refractivity (Wildman–Crippen MR) is 131 cm³/mol. The van der Waals surface area contributed by atoms with Crippen molar-refractivity contribution < 1.29 is 9.72 Å². The largest absolute Gasteiger partial charge is 0.278 e. The summed E-state index contributed by atoms with van der Waals surface area (Å²) < 4.78 is 1.91. The summed E-state index contributed by atoms with van der Waals surface area (Å²) in [5, 5.41) is 24.2. The molecule has 0 bridgehead atoms. The van der Waals surface area contributed by atoms with Crippen molar-refractivity contribution in [3.8, 4) is 17.1 Å². The number of hydrogen-bond donors (Lipinski definition) is 1. The van der Waals surface area contributed by atoms with Gasteiger partial charge in [0.05, 0.1) is 22.5 Å². The maximum atomic E-state index is 12.4. The Morgan fingerprint density at radius 2 is 1.76 bits per heavy atom. The highest BCUT2D eigenvalue weighted by atomic mass is 32.2. The molecule has 4 aromatic rings. The van der Waals surface area contributed by atoms with E-state index in [1.165, 1.54) is 24.0 Å². The number of aryl methyl sites for hydroxylation is 1. The lowest BCUT2D eigenvalue weighted by molar-refractivity contribution is -0.385. The Morgan fingerprint density at radius 1 is 1.06 bits per heavy atom. The first kappa shape index (κ1) is 22.9. The molecular formula is C24H20N6O3S. The van der Waals surface area contributed by atoms with Crippen LogP contribution in [-0.4, -0.2) is 37.6 Å². The number of rotatable bonds is 8. The molecule has 34 heavy (non-hydrogen) atoms. The lowest BCUT2D eigenvalue weighted by Gasteiger charge is -2.10. The zero-order valence-electron chi connectivity index (χ0n) is 18.2. The number of nitro benzene ring substituents is 1. The number of aromatic nitrogens is 3. The number of hydrazone groups is 1. The Balaban J connectivity index is 1.50. The van der Waals surface area contributed by atoms with Crippen molar-refractivity contribution in [2.75, 3.05) is 5.75 Å². The SMILES string of the molecule is Cc1ccc(-n2c(SCC(=O)N/N=C\c3ccccc3[N+](=O)[O-])nnc2-c2ccccc2)cc1. The van der Waals surface area contributed by atoms with Gasteiger partial charge in [-0.05, 0) is 25.1 Å². The molecular weight excluding hydrogens is 452 g/mol. The highest BCUT2D eigenvalue weighted by Crippen LogP contribution is 2.28. The van der Waals surface area contributed by atoms with E-state index in [2.05, 4.69) is 20.7 Å². The lowest BCUT2D eigenvalue weighted by Crippen LogP contribution is -2.20. The van der Waals surface area contributed by atoms with Gasteiger partial charge < -0.3 is 0 Å². The summed E-state index contributed by atoms with van der Waals surface area (Å²) in [4.78, 5) is 22.9. The minimum absolute atomic E-state index is 0.0347. The maximum Gasteiger partial charge on any atom is 0.278 e. The fourth-order valence-electron chi connectivity index (χ4n) is 3.16. The van der Waals surface area contributed by atoms with E-state index in [4.69, 9.17) is 0 Å². The first-order chi connectivity index (χ1) is 16.5. The second-order valence-electron chi connectivity index (χ2n) is 7.24. The highest BCUT2D eigenvalue weighted by Gasteiger charge is 2.17. The summed E-state index contributed by atoms with van der Waals surface area (Å²) in [6.45, 7) is 2.01. The molecule has 170 valence electrons. The third kappa shape index (κ3) is 5.36. The molecule has 0 radical (unpaired) electrons. The normalized spacial score (nSPS) is 11.0. The standard InChI is InChI=1S/C24H20N6O3S/c1-17-11-13-20(14-12-17)29-23(18-7-3-2-4-8-18)27-28-24(29)34-16-22(31)26-25-15-19-9-5-6-10-21(19)30(32)33/h2-15H,16H2,1H3,(H,26,31)/b25-15-. The zero-order chi connectivity index (χ0) is 23.9. The molecule has 0 unspecified atom stereocenters. The molecule has 4 rings (SSSR count). The number of nitrogens with zero attached hydrogens (tertiary/aromatic N) is 5. The summed E-state index contributed by atoms with van der Waals surface area (Å²) in [5.41, 5.74) is 5.53. The van der Waals surface area contributed by atoms with Crippen LogP contribution in [0.1, 0.15) is 11.1 Å². The second kappa shape index (κ2) is 10.5. The smallest absolute Gasteiger partial charge is 0.272 e. The van der Waals surface area contributed by atoms with Crippen molar-refractivity contribution in [3.05, 3.63) is 100 Å². The van der Waals surface area contributed by atoms with Gasteiger partial charge >= 0.3 is 0 Å². The first-order valence-electron chi connectivity index (χ1n) is 10.3. The van der Waals surface area contributed by atoms with Crippen molar-refractivity contribution >= 4 is 29.6 Å². The number of nitrogens with one attached hydrogen (secondary N) is 1. The van der Waals surface area contributed by atoms with E-state index in [0.29, 0.717) is 16.5 Å². The van der Waals surface area contributed by atoms with E-state index in [-0.39, 0.29) is 17.3 Å². The number of thioether (sulfide) groups is 1. The van der Waals surface area contributed by atoms with Gasteiger partial charge in [0.25, 0.3) is 11.6 Å². The van der Waals surface area contributed by atoms with Gasteiger partial charge in [0.1, 0.15) is 0 Å². The third-order valence-electron chi connectivity index (χ3n) is 4.82. The maximum absolute atomic E-state index is 12.4. The van der Waals surface area contributed by atoms with Gasteiger partial charge in [-0.1, -0.05) is 71.9 Å². The van der Waals surface area contributed by atoms with Gasteiger partial charge in [-0.3, -0.25) is 19.5 Å². The molecule has 1 aromatic heterocycles. The predicted octanol–water partition coefficient (Wildman–Crippen LogP) is 4.39. The van der Waals surface area contributed by atoms with Gasteiger partial charge in [0.2, 0.25) is 0 Å². The summed E-state index contributed by atoms with van der Waals surface area (Å²) in [6, 6.07) is 23.8. The van der Waals surface area contributed by atoms with Gasteiger partial charge in [-0.2, -0.15) is 5.10 Å². The second-order valence-corrected chi connectivity index (χ2v) is 8.18. The van der Waals surface area contributed by atoms with E-state index < -0.39 is 4.92 Å². The molecule has 1 heterocycles. The number of nitro groups is 1. The van der Waals surface area contributed by atoms with Crippen LogP contribution in [0, 0.1) is 17.0 Å². The average molecular weight is 473 g/mol. The molecule has 0 spiro atoms. The molecule has 10 heteroatoms. The fraction of sp³-hybridized carbons (Fsp3) is 0.0833. The Morgan fingerprint density at radius 3 is 2.50 bits per heavy atom. The molecule has 1 N–H and O–H groups in total. The Bertz CT molecular complexity index is 1340. The number of amides is 1. The molecule has 0 saturated heterocycles. The first-order valence-corrected chi connectivity index (χ1v) is 11.3. The van der Waals surface area contributed by atoms with Crippen LogP contribution in [0.5, 0.6) is 0 Å². The fourth-order valence-corrected chi connectivity index (χ4v) is 3.91. The summed E-state index contributed by atoms with van der Waals surface area (Å²) in [5.74, 6) is 0.328. The average Bonchev–Trinajstić information content (AvgIpc) is 3.28.